The molecule has 0 radical (unpaired) electrons. The lowest BCUT2D eigenvalue weighted by atomic mass is 10.2. The van der Waals surface area contributed by atoms with E-state index in [1.807, 2.05) is 18.2 Å². The first kappa shape index (κ1) is 15.1. The number of methoxy groups -OCH3 is 1. The molecule has 0 aliphatic carbocycles. The molecule has 0 aromatic heterocycles. The second-order valence-electron chi connectivity index (χ2n) is 2.31. The minimum absolute atomic E-state index is 0. The van der Waals surface area contributed by atoms with Crippen LogP contribution in [0.4, 0.5) is 0 Å². The van der Waals surface area contributed by atoms with E-state index in [-0.39, 0.29) is 18.6 Å². The molecule has 3 N–H and O–H groups in total. The summed E-state index contributed by atoms with van der Waals surface area (Å²) >= 11 is 5.93. The third kappa shape index (κ3) is 3.85. The zero-order valence-corrected chi connectivity index (χ0v) is 9.41. The molecule has 0 spiro atoms. The molecular formula is C9H15Cl2NO. The highest BCUT2D eigenvalue weighted by Crippen LogP contribution is 2.22. The van der Waals surface area contributed by atoms with Gasteiger partial charge in [0.25, 0.3) is 0 Å². The van der Waals surface area contributed by atoms with E-state index in [1.165, 1.54) is 0 Å². The van der Waals surface area contributed by atoms with Crippen LogP contribution in [-0.4, -0.2) is 7.11 Å². The number of benzene rings is 1. The molecule has 0 unspecified atom stereocenters. The number of rotatable bonds is 2. The van der Waals surface area contributed by atoms with Gasteiger partial charge < -0.3 is 10.9 Å². The maximum atomic E-state index is 5.93. The summed E-state index contributed by atoms with van der Waals surface area (Å²) in [5, 5.41) is 0.784. The number of halogens is 2. The minimum atomic E-state index is 0. The monoisotopic (exact) mass is 223 g/mol. The number of hydrogen-bond acceptors (Lipinski definition) is 2. The van der Waals surface area contributed by atoms with Gasteiger partial charge in [-0.2, -0.15) is 0 Å². The van der Waals surface area contributed by atoms with E-state index in [1.54, 1.807) is 7.11 Å². The Morgan fingerprint density at radius 1 is 1.38 bits per heavy atom. The van der Waals surface area contributed by atoms with Gasteiger partial charge >= 0.3 is 0 Å². The fourth-order valence-corrected chi connectivity index (χ4v) is 1.25. The lowest BCUT2D eigenvalue weighted by Crippen LogP contribution is -1.85. The molecule has 0 aliphatic heterocycles. The second kappa shape index (κ2) is 7.01. The molecule has 13 heavy (non-hydrogen) atoms. The molecule has 0 saturated carbocycles. The molecule has 1 aromatic carbocycles. The van der Waals surface area contributed by atoms with Crippen molar-refractivity contribution < 1.29 is 4.74 Å². The van der Waals surface area contributed by atoms with E-state index in [4.69, 9.17) is 16.3 Å². The van der Waals surface area contributed by atoms with Crippen LogP contribution in [0.1, 0.15) is 12.5 Å². The molecule has 0 atom stereocenters. The molecule has 0 bridgehead atoms. The fourth-order valence-electron chi connectivity index (χ4n) is 0.942. The van der Waals surface area contributed by atoms with Crippen molar-refractivity contribution in [3.63, 3.8) is 0 Å². The van der Waals surface area contributed by atoms with Crippen molar-refractivity contribution in [2.24, 2.45) is 0 Å². The van der Waals surface area contributed by atoms with Crippen LogP contribution in [0.25, 0.3) is 0 Å². The van der Waals surface area contributed by atoms with Crippen molar-refractivity contribution >= 4 is 24.0 Å². The molecule has 2 nitrogen and oxygen atoms in total. The van der Waals surface area contributed by atoms with Crippen molar-refractivity contribution in [3.05, 3.63) is 28.8 Å². The van der Waals surface area contributed by atoms with Crippen LogP contribution in [0.15, 0.2) is 18.2 Å². The Labute approximate surface area is 90.2 Å². The van der Waals surface area contributed by atoms with Crippen molar-refractivity contribution in [1.29, 1.82) is 0 Å². The lowest BCUT2D eigenvalue weighted by molar-refractivity contribution is 0.414. The van der Waals surface area contributed by atoms with Gasteiger partial charge in [0.1, 0.15) is 5.75 Å². The van der Waals surface area contributed by atoms with Crippen LogP contribution in [0.3, 0.4) is 0 Å². The predicted octanol–water partition coefficient (Wildman–Crippen LogP) is 3.49. The highest BCUT2D eigenvalue weighted by molar-refractivity contribution is 6.31. The molecule has 1 aromatic rings. The van der Waals surface area contributed by atoms with Gasteiger partial charge in [0.05, 0.1) is 7.11 Å². The highest BCUT2D eigenvalue weighted by atomic mass is 35.5. The molecule has 0 fully saturated rings. The van der Waals surface area contributed by atoms with Gasteiger partial charge in [0.2, 0.25) is 0 Å². The van der Waals surface area contributed by atoms with Crippen molar-refractivity contribution in [3.8, 4) is 5.75 Å². The Kier molecular flexibility index (Phi) is 8.12. The van der Waals surface area contributed by atoms with Gasteiger partial charge in [-0.15, -0.1) is 12.4 Å². The van der Waals surface area contributed by atoms with Crippen LogP contribution in [-0.2, 0) is 6.42 Å². The van der Waals surface area contributed by atoms with Crippen LogP contribution >= 0.6 is 24.0 Å². The predicted molar refractivity (Wildman–Crippen MR) is 59.7 cm³/mol. The molecule has 0 heterocycles. The normalized spacial score (nSPS) is 8.23. The SMILES string of the molecule is CCc1ccc(OC)cc1Cl.Cl.N. The smallest absolute Gasteiger partial charge is 0.120 e. The van der Waals surface area contributed by atoms with Crippen molar-refractivity contribution in [2.75, 3.05) is 7.11 Å². The number of aryl methyl sites for hydroxylation is 1. The van der Waals surface area contributed by atoms with Crippen LogP contribution in [0.5, 0.6) is 5.75 Å². The van der Waals surface area contributed by atoms with E-state index in [9.17, 15) is 0 Å². The fraction of sp³-hybridized carbons (Fsp3) is 0.333. The summed E-state index contributed by atoms with van der Waals surface area (Å²) < 4.78 is 5.01. The number of hydrogen-bond donors (Lipinski definition) is 1. The van der Waals surface area contributed by atoms with Crippen LogP contribution in [0, 0.1) is 0 Å². The summed E-state index contributed by atoms with van der Waals surface area (Å²) in [6.07, 6.45) is 0.961. The third-order valence-corrected chi connectivity index (χ3v) is 1.99. The maximum absolute atomic E-state index is 5.93. The van der Waals surface area contributed by atoms with E-state index in [0.29, 0.717) is 0 Å². The maximum Gasteiger partial charge on any atom is 0.120 e. The summed E-state index contributed by atoms with van der Waals surface area (Å²) in [6.45, 7) is 2.08. The number of ether oxygens (including phenoxy) is 1. The van der Waals surface area contributed by atoms with Gasteiger partial charge in [0, 0.05) is 5.02 Å². The topological polar surface area (TPSA) is 44.2 Å². The average Bonchev–Trinajstić information content (AvgIpc) is 2.04. The van der Waals surface area contributed by atoms with Gasteiger partial charge in [-0.25, -0.2) is 0 Å². The first-order valence-electron chi connectivity index (χ1n) is 3.60. The van der Waals surface area contributed by atoms with Gasteiger partial charge in [-0.3, -0.25) is 0 Å². The summed E-state index contributed by atoms with van der Waals surface area (Å²) in [4.78, 5) is 0. The first-order valence-corrected chi connectivity index (χ1v) is 3.98. The lowest BCUT2D eigenvalue weighted by Gasteiger charge is -2.03. The second-order valence-corrected chi connectivity index (χ2v) is 2.72. The van der Waals surface area contributed by atoms with Gasteiger partial charge in [-0.1, -0.05) is 24.6 Å². The van der Waals surface area contributed by atoms with Gasteiger partial charge in [0.15, 0.2) is 0 Å². The largest absolute Gasteiger partial charge is 0.497 e. The summed E-state index contributed by atoms with van der Waals surface area (Å²) in [7, 11) is 1.64. The third-order valence-electron chi connectivity index (χ3n) is 1.64. The van der Waals surface area contributed by atoms with E-state index < -0.39 is 0 Å². The Bertz CT molecular complexity index is 253. The van der Waals surface area contributed by atoms with Gasteiger partial charge in [-0.05, 0) is 24.1 Å². The minimum Gasteiger partial charge on any atom is -0.497 e. The van der Waals surface area contributed by atoms with Crippen molar-refractivity contribution in [1.82, 2.24) is 6.15 Å². The first-order chi connectivity index (χ1) is 5.27. The molecular weight excluding hydrogens is 209 g/mol. The molecule has 0 amide bonds. The molecule has 4 heteroatoms. The molecule has 0 aliphatic rings. The summed E-state index contributed by atoms with van der Waals surface area (Å²) in [6, 6.07) is 5.74. The Hall–Kier alpha value is -0.440. The van der Waals surface area contributed by atoms with E-state index in [2.05, 4.69) is 6.92 Å². The van der Waals surface area contributed by atoms with Crippen molar-refractivity contribution in [2.45, 2.75) is 13.3 Å². The van der Waals surface area contributed by atoms with Crippen LogP contribution < -0.4 is 10.9 Å². The van der Waals surface area contributed by atoms with Crippen LogP contribution in [0.2, 0.25) is 5.02 Å². The quantitative estimate of drug-likeness (QED) is 0.835. The molecule has 0 saturated heterocycles. The zero-order chi connectivity index (χ0) is 8.27. The Morgan fingerprint density at radius 2 is 2.00 bits per heavy atom. The Balaban J connectivity index is 0. The average molecular weight is 224 g/mol. The molecule has 76 valence electrons. The van der Waals surface area contributed by atoms with E-state index >= 15 is 0 Å². The summed E-state index contributed by atoms with van der Waals surface area (Å²) in [5.74, 6) is 0.812. The molecule has 1 rings (SSSR count). The van der Waals surface area contributed by atoms with E-state index in [0.717, 1.165) is 22.8 Å². The Morgan fingerprint density at radius 3 is 2.38 bits per heavy atom. The zero-order valence-electron chi connectivity index (χ0n) is 7.84. The standard InChI is InChI=1S/C9H11ClO.ClH.H3N/c1-3-7-4-5-8(11-2)6-9(7)10;;/h4-6H,3H2,1-2H3;1H;1H3. The summed E-state index contributed by atoms with van der Waals surface area (Å²) in [5.41, 5.74) is 1.16. The highest BCUT2D eigenvalue weighted by Gasteiger charge is 1.98.